The number of carbonyl (C=O) groups is 2. The summed E-state index contributed by atoms with van der Waals surface area (Å²) in [7, 11) is 0. The number of aliphatic carboxylic acids is 1. The Labute approximate surface area is 119 Å². The molecule has 1 aliphatic heterocycles. The first-order valence-electron chi connectivity index (χ1n) is 7.83. The molecule has 2 unspecified atom stereocenters. The van der Waals surface area contributed by atoms with Gasteiger partial charge in [0.1, 0.15) is 0 Å². The molecule has 5 nitrogen and oxygen atoms in total. The van der Waals surface area contributed by atoms with Crippen LogP contribution in [0.2, 0.25) is 0 Å². The number of carboxylic acids is 1. The standard InChI is InChI=1S/C15H24N2O3/c1-9-6-12(14(18)19)8-17(7-9)15(20)16-13(10-2-3-10)11-4-5-11/h9-13H,2-8H2,1H3,(H,16,20)(H,18,19). The van der Waals surface area contributed by atoms with E-state index in [0.29, 0.717) is 37.4 Å². The Bertz CT molecular complexity index is 392. The minimum Gasteiger partial charge on any atom is -0.481 e. The number of rotatable bonds is 4. The van der Waals surface area contributed by atoms with Crippen LogP contribution in [0.15, 0.2) is 0 Å². The number of amides is 2. The smallest absolute Gasteiger partial charge is 0.317 e. The highest BCUT2D eigenvalue weighted by molar-refractivity contribution is 5.77. The van der Waals surface area contributed by atoms with Crippen molar-refractivity contribution in [3.63, 3.8) is 0 Å². The average molecular weight is 280 g/mol. The van der Waals surface area contributed by atoms with E-state index >= 15 is 0 Å². The quantitative estimate of drug-likeness (QED) is 0.826. The summed E-state index contributed by atoms with van der Waals surface area (Å²) in [5.74, 6) is 0.406. The van der Waals surface area contributed by atoms with Crippen molar-refractivity contribution in [2.75, 3.05) is 13.1 Å². The summed E-state index contributed by atoms with van der Waals surface area (Å²) in [6.07, 6.45) is 5.60. The molecular formula is C15H24N2O3. The lowest BCUT2D eigenvalue weighted by atomic mass is 9.91. The molecule has 1 heterocycles. The Balaban J connectivity index is 1.59. The summed E-state index contributed by atoms with van der Waals surface area (Å²) in [5, 5.41) is 12.4. The summed E-state index contributed by atoms with van der Waals surface area (Å²) < 4.78 is 0. The second kappa shape index (κ2) is 5.26. The fourth-order valence-corrected chi connectivity index (χ4v) is 3.46. The molecule has 0 aromatic heterocycles. The fourth-order valence-electron chi connectivity index (χ4n) is 3.46. The Morgan fingerprint density at radius 2 is 1.75 bits per heavy atom. The van der Waals surface area contributed by atoms with Crippen molar-refractivity contribution in [3.8, 4) is 0 Å². The van der Waals surface area contributed by atoms with E-state index in [1.807, 2.05) is 6.92 Å². The van der Waals surface area contributed by atoms with Gasteiger partial charge >= 0.3 is 12.0 Å². The minimum atomic E-state index is -0.782. The molecule has 20 heavy (non-hydrogen) atoms. The maximum Gasteiger partial charge on any atom is 0.317 e. The number of hydrogen-bond acceptors (Lipinski definition) is 2. The highest BCUT2D eigenvalue weighted by Crippen LogP contribution is 2.44. The largest absolute Gasteiger partial charge is 0.481 e. The molecule has 2 aliphatic carbocycles. The summed E-state index contributed by atoms with van der Waals surface area (Å²) >= 11 is 0. The van der Waals surface area contributed by atoms with Gasteiger partial charge in [0.05, 0.1) is 5.92 Å². The van der Waals surface area contributed by atoms with Crippen LogP contribution in [0, 0.1) is 23.7 Å². The van der Waals surface area contributed by atoms with E-state index in [1.165, 1.54) is 25.7 Å². The molecule has 2 amide bonds. The van der Waals surface area contributed by atoms with Crippen LogP contribution in [0.25, 0.3) is 0 Å². The molecule has 112 valence electrons. The molecule has 2 saturated carbocycles. The van der Waals surface area contributed by atoms with Gasteiger partial charge in [-0.2, -0.15) is 0 Å². The lowest BCUT2D eigenvalue weighted by Crippen LogP contribution is -2.52. The van der Waals surface area contributed by atoms with Crippen molar-refractivity contribution >= 4 is 12.0 Å². The van der Waals surface area contributed by atoms with E-state index < -0.39 is 11.9 Å². The van der Waals surface area contributed by atoms with Gasteiger partial charge in [-0.1, -0.05) is 6.92 Å². The summed E-state index contributed by atoms with van der Waals surface area (Å²) in [4.78, 5) is 25.3. The van der Waals surface area contributed by atoms with E-state index in [4.69, 9.17) is 0 Å². The Hall–Kier alpha value is -1.26. The third-order valence-corrected chi connectivity index (χ3v) is 4.85. The number of urea groups is 1. The van der Waals surface area contributed by atoms with E-state index in [2.05, 4.69) is 5.32 Å². The van der Waals surface area contributed by atoms with Crippen LogP contribution in [0.4, 0.5) is 4.79 Å². The maximum absolute atomic E-state index is 12.4. The minimum absolute atomic E-state index is 0.0494. The van der Waals surface area contributed by atoms with Gasteiger partial charge in [-0.05, 0) is 49.9 Å². The van der Waals surface area contributed by atoms with Gasteiger partial charge in [0.15, 0.2) is 0 Å². The lowest BCUT2D eigenvalue weighted by Gasteiger charge is -2.35. The topological polar surface area (TPSA) is 69.6 Å². The van der Waals surface area contributed by atoms with E-state index in [1.54, 1.807) is 4.90 Å². The van der Waals surface area contributed by atoms with Gasteiger partial charge in [-0.15, -0.1) is 0 Å². The van der Waals surface area contributed by atoms with Gasteiger partial charge < -0.3 is 15.3 Å². The fraction of sp³-hybridized carbons (Fsp3) is 0.867. The van der Waals surface area contributed by atoms with Crippen molar-refractivity contribution in [1.29, 1.82) is 0 Å². The number of carboxylic acid groups (broad SMARTS) is 1. The molecule has 3 aliphatic rings. The first-order valence-corrected chi connectivity index (χ1v) is 7.83. The monoisotopic (exact) mass is 280 g/mol. The van der Waals surface area contributed by atoms with Crippen molar-refractivity contribution < 1.29 is 14.7 Å². The Morgan fingerprint density at radius 1 is 1.15 bits per heavy atom. The number of likely N-dealkylation sites (tertiary alicyclic amines) is 1. The van der Waals surface area contributed by atoms with Crippen molar-refractivity contribution in [2.24, 2.45) is 23.7 Å². The normalized spacial score (nSPS) is 30.4. The molecular weight excluding hydrogens is 256 g/mol. The molecule has 2 atom stereocenters. The molecule has 0 aromatic rings. The number of piperidine rings is 1. The molecule has 5 heteroatoms. The van der Waals surface area contributed by atoms with Crippen molar-refractivity contribution in [3.05, 3.63) is 0 Å². The number of carbonyl (C=O) groups excluding carboxylic acids is 1. The third kappa shape index (κ3) is 3.07. The first kappa shape index (κ1) is 13.7. The molecule has 3 fully saturated rings. The predicted octanol–water partition coefficient (Wildman–Crippen LogP) is 1.93. The molecule has 1 saturated heterocycles. The van der Waals surface area contributed by atoms with Gasteiger partial charge in [-0.3, -0.25) is 4.79 Å². The highest BCUT2D eigenvalue weighted by atomic mass is 16.4. The summed E-state index contributed by atoms with van der Waals surface area (Å²) in [5.41, 5.74) is 0. The van der Waals surface area contributed by atoms with Crippen LogP contribution in [-0.4, -0.2) is 41.1 Å². The van der Waals surface area contributed by atoms with Crippen LogP contribution in [0.1, 0.15) is 39.0 Å². The van der Waals surface area contributed by atoms with Crippen molar-refractivity contribution in [1.82, 2.24) is 10.2 Å². The zero-order chi connectivity index (χ0) is 14.3. The van der Waals surface area contributed by atoms with E-state index in [0.717, 1.165) is 0 Å². The average Bonchev–Trinajstić information content (AvgIpc) is 3.27. The SMILES string of the molecule is CC1CC(C(=O)O)CN(C(=O)NC(C2CC2)C2CC2)C1. The molecule has 2 N–H and O–H groups in total. The van der Waals surface area contributed by atoms with Gasteiger partial charge in [0.2, 0.25) is 0 Å². The van der Waals surface area contributed by atoms with Crippen LogP contribution in [0.3, 0.4) is 0 Å². The van der Waals surface area contributed by atoms with Crippen LogP contribution in [-0.2, 0) is 4.79 Å². The van der Waals surface area contributed by atoms with Gasteiger partial charge in [-0.25, -0.2) is 4.79 Å². The number of hydrogen-bond donors (Lipinski definition) is 2. The molecule has 0 bridgehead atoms. The van der Waals surface area contributed by atoms with Crippen molar-refractivity contribution in [2.45, 2.75) is 45.1 Å². The molecule has 0 aromatic carbocycles. The van der Waals surface area contributed by atoms with Crippen LogP contribution < -0.4 is 5.32 Å². The Kier molecular flexibility index (Phi) is 3.61. The molecule has 3 rings (SSSR count). The molecule has 0 spiro atoms. The summed E-state index contributed by atoms with van der Waals surface area (Å²) in [6.45, 7) is 3.06. The van der Waals surface area contributed by atoms with Crippen LogP contribution >= 0.6 is 0 Å². The van der Waals surface area contributed by atoms with Gasteiger partial charge in [0, 0.05) is 19.1 Å². The maximum atomic E-state index is 12.4. The summed E-state index contributed by atoms with van der Waals surface area (Å²) in [6, 6.07) is 0.287. The first-order chi connectivity index (χ1) is 9.54. The van der Waals surface area contributed by atoms with Crippen LogP contribution in [0.5, 0.6) is 0 Å². The van der Waals surface area contributed by atoms with Gasteiger partial charge in [0.25, 0.3) is 0 Å². The zero-order valence-corrected chi connectivity index (χ0v) is 12.0. The second-order valence-electron chi connectivity index (χ2n) is 6.93. The lowest BCUT2D eigenvalue weighted by molar-refractivity contribution is -0.143. The number of nitrogens with zero attached hydrogens (tertiary/aromatic N) is 1. The highest BCUT2D eigenvalue weighted by Gasteiger charge is 2.43. The van der Waals surface area contributed by atoms with E-state index in [-0.39, 0.29) is 11.9 Å². The Morgan fingerprint density at radius 3 is 2.25 bits per heavy atom. The zero-order valence-electron chi connectivity index (χ0n) is 12.0. The molecule has 0 radical (unpaired) electrons. The number of nitrogens with one attached hydrogen (secondary N) is 1. The van der Waals surface area contributed by atoms with E-state index in [9.17, 15) is 14.7 Å². The third-order valence-electron chi connectivity index (χ3n) is 4.85. The predicted molar refractivity (Wildman–Crippen MR) is 74.2 cm³/mol. The second-order valence-corrected chi connectivity index (χ2v) is 6.93.